The third-order valence-electron chi connectivity index (χ3n) is 4.92. The normalized spacial score (nSPS) is 21.0. The van der Waals surface area contributed by atoms with Gasteiger partial charge in [-0.3, -0.25) is 0 Å². The Morgan fingerprint density at radius 1 is 1.17 bits per heavy atom. The first-order valence-corrected chi connectivity index (χ1v) is 9.64. The molecule has 4 rings (SSSR count). The van der Waals surface area contributed by atoms with Crippen molar-refractivity contribution in [2.75, 3.05) is 25.2 Å². The molecule has 2 aliphatic rings. The molecule has 2 aromatic heterocycles. The molecule has 2 aliphatic heterocycles. The van der Waals surface area contributed by atoms with Crippen LogP contribution in [0, 0.1) is 0 Å². The van der Waals surface area contributed by atoms with E-state index in [2.05, 4.69) is 24.0 Å². The summed E-state index contributed by atoms with van der Waals surface area (Å²) in [7, 11) is 1.71. The highest BCUT2D eigenvalue weighted by atomic mass is 32.1. The number of methoxy groups -OCH3 is 1. The number of anilines is 1. The van der Waals surface area contributed by atoms with Crippen LogP contribution in [0.5, 0.6) is 0 Å². The summed E-state index contributed by atoms with van der Waals surface area (Å²) in [5, 5.41) is 10.0. The molecule has 0 radical (unpaired) electrons. The Balaban J connectivity index is 1.59. The lowest BCUT2D eigenvalue weighted by Crippen LogP contribution is -2.35. The lowest BCUT2D eigenvalue weighted by atomic mass is 10.0. The van der Waals surface area contributed by atoms with Crippen LogP contribution >= 0.6 is 11.5 Å². The molecular formula is C16H24N6OS. The van der Waals surface area contributed by atoms with E-state index in [1.807, 2.05) is 0 Å². The van der Waals surface area contributed by atoms with E-state index >= 15 is 0 Å². The number of aryl methyl sites for hydroxylation is 1. The van der Waals surface area contributed by atoms with Crippen molar-refractivity contribution in [3.63, 3.8) is 0 Å². The molecule has 1 unspecified atom stereocenters. The number of aromatic nitrogens is 5. The maximum absolute atomic E-state index is 5.13. The number of piperidine rings is 1. The van der Waals surface area contributed by atoms with E-state index in [4.69, 9.17) is 9.72 Å². The lowest BCUT2D eigenvalue weighted by molar-refractivity contribution is 0.201. The van der Waals surface area contributed by atoms with Gasteiger partial charge in [-0.1, -0.05) is 0 Å². The van der Waals surface area contributed by atoms with Crippen LogP contribution in [0.1, 0.15) is 55.6 Å². The average Bonchev–Trinajstić information content (AvgIpc) is 3.27. The van der Waals surface area contributed by atoms with Crippen LogP contribution in [0.2, 0.25) is 0 Å². The fourth-order valence-corrected chi connectivity index (χ4v) is 4.45. The molecule has 0 aliphatic carbocycles. The summed E-state index contributed by atoms with van der Waals surface area (Å²) in [6, 6.07) is 0.279. The van der Waals surface area contributed by atoms with Crippen LogP contribution in [0.3, 0.4) is 0 Å². The van der Waals surface area contributed by atoms with Gasteiger partial charge in [0.2, 0.25) is 5.13 Å². The van der Waals surface area contributed by atoms with E-state index in [9.17, 15) is 0 Å². The number of fused-ring (bicyclic) bond motifs is 1. The minimum absolute atomic E-state index is 0.279. The Hall–Kier alpha value is -1.54. The van der Waals surface area contributed by atoms with Gasteiger partial charge < -0.3 is 14.2 Å². The van der Waals surface area contributed by atoms with Crippen molar-refractivity contribution in [2.45, 2.75) is 57.5 Å². The summed E-state index contributed by atoms with van der Waals surface area (Å²) in [5.41, 5.74) is 0. The minimum Gasteiger partial charge on any atom is -0.384 e. The van der Waals surface area contributed by atoms with Gasteiger partial charge in [-0.05, 0) is 32.1 Å². The predicted molar refractivity (Wildman–Crippen MR) is 92.4 cm³/mol. The van der Waals surface area contributed by atoms with Crippen molar-refractivity contribution in [3.05, 3.63) is 17.5 Å². The van der Waals surface area contributed by atoms with E-state index in [0.29, 0.717) is 6.61 Å². The number of rotatable bonds is 5. The fourth-order valence-electron chi connectivity index (χ4n) is 3.66. The molecule has 1 fully saturated rings. The predicted octanol–water partition coefficient (Wildman–Crippen LogP) is 2.39. The first kappa shape index (κ1) is 16.0. The summed E-state index contributed by atoms with van der Waals surface area (Å²) < 4.78 is 12.0. The molecule has 0 saturated carbocycles. The second-order valence-electron chi connectivity index (χ2n) is 6.52. The molecule has 8 heteroatoms. The molecule has 130 valence electrons. The van der Waals surface area contributed by atoms with E-state index in [1.165, 1.54) is 37.2 Å². The third-order valence-corrected chi connectivity index (χ3v) is 5.71. The monoisotopic (exact) mass is 348 g/mol. The van der Waals surface area contributed by atoms with Crippen LogP contribution in [0.15, 0.2) is 0 Å². The molecule has 24 heavy (non-hydrogen) atoms. The Morgan fingerprint density at radius 3 is 3.00 bits per heavy atom. The maximum Gasteiger partial charge on any atom is 0.205 e. The van der Waals surface area contributed by atoms with Crippen LogP contribution in [0.4, 0.5) is 5.13 Å². The standard InChI is InChI=1S/C16H24N6OS/c1-23-11-8-13-17-16(24-20-13)21-9-4-2-6-12(21)15-19-18-14-7-3-5-10-22(14)15/h12H,2-11H2,1H3. The molecule has 0 amide bonds. The van der Waals surface area contributed by atoms with Crippen LogP contribution < -0.4 is 4.90 Å². The largest absolute Gasteiger partial charge is 0.384 e. The van der Waals surface area contributed by atoms with Gasteiger partial charge in [-0.25, -0.2) is 4.98 Å². The molecule has 7 nitrogen and oxygen atoms in total. The van der Waals surface area contributed by atoms with Gasteiger partial charge in [0.15, 0.2) is 5.82 Å². The van der Waals surface area contributed by atoms with E-state index in [1.54, 1.807) is 7.11 Å². The number of nitrogens with zero attached hydrogens (tertiary/aromatic N) is 6. The molecule has 2 aromatic rings. The summed E-state index contributed by atoms with van der Waals surface area (Å²) in [6.07, 6.45) is 7.83. The topological polar surface area (TPSA) is 69.0 Å². The zero-order chi connectivity index (χ0) is 16.4. The third kappa shape index (κ3) is 3.04. The summed E-state index contributed by atoms with van der Waals surface area (Å²) in [4.78, 5) is 7.13. The molecule has 0 bridgehead atoms. The first-order valence-electron chi connectivity index (χ1n) is 8.87. The zero-order valence-electron chi connectivity index (χ0n) is 14.1. The number of ether oxygens (including phenoxy) is 1. The van der Waals surface area contributed by atoms with Gasteiger partial charge in [0.25, 0.3) is 0 Å². The molecule has 1 saturated heterocycles. The van der Waals surface area contributed by atoms with Gasteiger partial charge in [0.05, 0.1) is 12.6 Å². The van der Waals surface area contributed by atoms with Gasteiger partial charge in [-0.2, -0.15) is 4.37 Å². The summed E-state index contributed by atoms with van der Waals surface area (Å²) >= 11 is 1.50. The van der Waals surface area contributed by atoms with Crippen molar-refractivity contribution in [3.8, 4) is 0 Å². The highest BCUT2D eigenvalue weighted by Crippen LogP contribution is 2.36. The minimum atomic E-state index is 0.279. The molecule has 0 N–H and O–H groups in total. The zero-order valence-corrected chi connectivity index (χ0v) is 15.0. The van der Waals surface area contributed by atoms with Gasteiger partial charge >= 0.3 is 0 Å². The van der Waals surface area contributed by atoms with Crippen LogP contribution in [0.25, 0.3) is 0 Å². The summed E-state index contributed by atoms with van der Waals surface area (Å²) in [6.45, 7) is 2.74. The van der Waals surface area contributed by atoms with Crippen molar-refractivity contribution >= 4 is 16.7 Å². The van der Waals surface area contributed by atoms with E-state index in [-0.39, 0.29) is 6.04 Å². The Kier molecular flexibility index (Phi) is 4.75. The van der Waals surface area contributed by atoms with Gasteiger partial charge in [0, 0.05) is 44.6 Å². The van der Waals surface area contributed by atoms with Crippen molar-refractivity contribution in [1.29, 1.82) is 0 Å². The van der Waals surface area contributed by atoms with E-state index in [0.717, 1.165) is 55.0 Å². The van der Waals surface area contributed by atoms with Crippen LogP contribution in [-0.4, -0.2) is 44.4 Å². The van der Waals surface area contributed by atoms with E-state index < -0.39 is 0 Å². The quantitative estimate of drug-likeness (QED) is 0.826. The molecule has 1 atom stereocenters. The molecule has 4 heterocycles. The van der Waals surface area contributed by atoms with Crippen LogP contribution in [-0.2, 0) is 24.1 Å². The van der Waals surface area contributed by atoms with Crippen molar-refractivity contribution in [1.82, 2.24) is 24.1 Å². The van der Waals surface area contributed by atoms with Gasteiger partial charge in [-0.15, -0.1) is 10.2 Å². The second kappa shape index (κ2) is 7.14. The second-order valence-corrected chi connectivity index (χ2v) is 7.25. The Morgan fingerprint density at radius 2 is 2.08 bits per heavy atom. The SMILES string of the molecule is COCCc1nsc(N2CCCCC2c2nnc3n2CCCC3)n1. The molecule has 0 aromatic carbocycles. The first-order chi connectivity index (χ1) is 11.9. The number of hydrogen-bond acceptors (Lipinski definition) is 7. The molecular weight excluding hydrogens is 324 g/mol. The lowest BCUT2D eigenvalue weighted by Gasteiger charge is -2.35. The Bertz CT molecular complexity index is 684. The Labute approximate surface area is 146 Å². The van der Waals surface area contributed by atoms with Crippen molar-refractivity contribution < 1.29 is 4.74 Å². The smallest absolute Gasteiger partial charge is 0.205 e. The average molecular weight is 348 g/mol. The highest BCUT2D eigenvalue weighted by Gasteiger charge is 2.32. The number of hydrogen-bond donors (Lipinski definition) is 0. The highest BCUT2D eigenvalue weighted by molar-refractivity contribution is 7.09. The van der Waals surface area contributed by atoms with Gasteiger partial charge in [0.1, 0.15) is 11.6 Å². The summed E-state index contributed by atoms with van der Waals surface area (Å²) in [5.74, 6) is 3.15. The fraction of sp³-hybridized carbons (Fsp3) is 0.750. The molecule has 0 spiro atoms. The maximum atomic E-state index is 5.13. The van der Waals surface area contributed by atoms with Crippen molar-refractivity contribution in [2.24, 2.45) is 0 Å².